The van der Waals surface area contributed by atoms with Gasteiger partial charge in [0.15, 0.2) is 5.69 Å². The first kappa shape index (κ1) is 20.5. The molecule has 1 saturated heterocycles. The third-order valence-electron chi connectivity index (χ3n) is 6.87. The molecule has 0 spiro atoms. The third-order valence-corrected chi connectivity index (χ3v) is 6.87. The lowest BCUT2D eigenvalue weighted by atomic mass is 9.89. The Bertz CT molecular complexity index is 950. The van der Waals surface area contributed by atoms with Crippen molar-refractivity contribution in [1.29, 1.82) is 0 Å². The molecular formula is C24H32N4O3. The van der Waals surface area contributed by atoms with Gasteiger partial charge in [0.1, 0.15) is 12.4 Å². The summed E-state index contributed by atoms with van der Waals surface area (Å²) in [6.45, 7) is 10.2. The van der Waals surface area contributed by atoms with E-state index in [1.54, 1.807) is 0 Å². The van der Waals surface area contributed by atoms with Gasteiger partial charge in [-0.2, -0.15) is 5.10 Å². The summed E-state index contributed by atoms with van der Waals surface area (Å²) < 4.78 is 13.5. The lowest BCUT2D eigenvalue weighted by molar-refractivity contribution is 0.0338. The normalized spacial score (nSPS) is 25.9. The summed E-state index contributed by atoms with van der Waals surface area (Å²) in [4.78, 5) is 15.4. The fourth-order valence-electron chi connectivity index (χ4n) is 5.01. The highest BCUT2D eigenvalue weighted by molar-refractivity contribution is 5.92. The first-order valence-electron chi connectivity index (χ1n) is 11.5. The largest absolute Gasteiger partial charge is 0.491 e. The molecule has 0 saturated carbocycles. The number of ether oxygens (including phenoxy) is 2. The molecular weight excluding hydrogens is 392 g/mol. The molecule has 3 aliphatic rings. The molecule has 31 heavy (non-hydrogen) atoms. The Kier molecular flexibility index (Phi) is 5.71. The number of fused-ring (bicyclic) bond motifs is 2. The van der Waals surface area contributed by atoms with E-state index < -0.39 is 0 Å². The summed E-state index contributed by atoms with van der Waals surface area (Å²) in [6.07, 6.45) is 2.40. The number of carbonyl (C=O) groups excluding carboxylic acids is 1. The SMILES string of the molecule is Cc1ccc2c(c1)C(C)C(NC(=O)c1cc3n(n1)CCN(CC1CCCOC1)C3)CO2. The standard InChI is InChI=1S/C24H32N4O3/c1-16-5-6-23-20(10-16)17(2)22(15-31-23)25-24(29)21-11-19-13-27(7-8-28(19)26-21)12-18-4-3-9-30-14-18/h5-6,10-11,17-18,22H,3-4,7-9,12-15H2,1-2H3,(H,25,29). The van der Waals surface area contributed by atoms with Gasteiger partial charge in [0.2, 0.25) is 0 Å². The third kappa shape index (κ3) is 4.34. The summed E-state index contributed by atoms with van der Waals surface area (Å²) in [7, 11) is 0. The maximum absolute atomic E-state index is 13.0. The van der Waals surface area contributed by atoms with E-state index in [1.807, 2.05) is 16.8 Å². The maximum Gasteiger partial charge on any atom is 0.272 e. The molecule has 1 aromatic heterocycles. The Hall–Kier alpha value is -2.38. The molecule has 1 fully saturated rings. The first-order chi connectivity index (χ1) is 15.1. The Morgan fingerprint density at radius 2 is 2.16 bits per heavy atom. The van der Waals surface area contributed by atoms with Gasteiger partial charge >= 0.3 is 0 Å². The molecule has 4 heterocycles. The number of aromatic nitrogens is 2. The first-order valence-corrected chi connectivity index (χ1v) is 11.5. The zero-order chi connectivity index (χ0) is 21.4. The number of nitrogens with zero attached hydrogens (tertiary/aromatic N) is 3. The van der Waals surface area contributed by atoms with Gasteiger partial charge in [-0.3, -0.25) is 14.4 Å². The predicted octanol–water partition coefficient (Wildman–Crippen LogP) is 2.73. The summed E-state index contributed by atoms with van der Waals surface area (Å²) in [5, 5.41) is 7.75. The van der Waals surface area contributed by atoms with Crippen molar-refractivity contribution in [2.24, 2.45) is 5.92 Å². The minimum absolute atomic E-state index is 0.0664. The Morgan fingerprint density at radius 1 is 1.26 bits per heavy atom. The second-order valence-electron chi connectivity index (χ2n) is 9.28. The van der Waals surface area contributed by atoms with E-state index in [0.717, 1.165) is 62.8 Å². The van der Waals surface area contributed by atoms with Crippen molar-refractivity contribution >= 4 is 5.91 Å². The highest BCUT2D eigenvalue weighted by atomic mass is 16.5. The fraction of sp³-hybridized carbons (Fsp3) is 0.583. The summed E-state index contributed by atoms with van der Waals surface area (Å²) in [6, 6.07) is 8.12. The predicted molar refractivity (Wildman–Crippen MR) is 117 cm³/mol. The molecule has 2 aromatic rings. The smallest absolute Gasteiger partial charge is 0.272 e. The van der Waals surface area contributed by atoms with E-state index in [-0.39, 0.29) is 17.9 Å². The van der Waals surface area contributed by atoms with Gasteiger partial charge in [0.25, 0.3) is 5.91 Å². The zero-order valence-corrected chi connectivity index (χ0v) is 18.5. The quantitative estimate of drug-likeness (QED) is 0.817. The van der Waals surface area contributed by atoms with Crippen LogP contribution in [0.1, 0.15) is 53.0 Å². The van der Waals surface area contributed by atoms with Crippen LogP contribution in [0.2, 0.25) is 0 Å². The molecule has 7 heteroatoms. The highest BCUT2D eigenvalue weighted by Gasteiger charge is 2.30. The average molecular weight is 425 g/mol. The number of rotatable bonds is 4. The van der Waals surface area contributed by atoms with Crippen LogP contribution in [0.4, 0.5) is 0 Å². The van der Waals surface area contributed by atoms with Crippen LogP contribution in [-0.4, -0.2) is 59.5 Å². The van der Waals surface area contributed by atoms with Crippen molar-refractivity contribution in [1.82, 2.24) is 20.0 Å². The number of benzene rings is 1. The van der Waals surface area contributed by atoms with Crippen LogP contribution in [0.25, 0.3) is 0 Å². The lowest BCUT2D eigenvalue weighted by Gasteiger charge is -2.32. The van der Waals surface area contributed by atoms with Gasteiger partial charge in [-0.25, -0.2) is 0 Å². The molecule has 3 atom stereocenters. The van der Waals surface area contributed by atoms with E-state index in [4.69, 9.17) is 9.47 Å². The molecule has 1 amide bonds. The molecule has 0 aliphatic carbocycles. The second kappa shape index (κ2) is 8.63. The van der Waals surface area contributed by atoms with Crippen LogP contribution in [0, 0.1) is 12.8 Å². The van der Waals surface area contributed by atoms with E-state index >= 15 is 0 Å². The molecule has 1 N–H and O–H groups in total. The number of hydrogen-bond acceptors (Lipinski definition) is 5. The molecule has 0 bridgehead atoms. The number of hydrogen-bond donors (Lipinski definition) is 1. The average Bonchev–Trinajstić information content (AvgIpc) is 3.20. The van der Waals surface area contributed by atoms with Crippen molar-refractivity contribution in [3.8, 4) is 5.75 Å². The molecule has 3 aliphatic heterocycles. The van der Waals surface area contributed by atoms with Gasteiger partial charge in [0.05, 0.1) is 24.9 Å². The molecule has 3 unspecified atom stereocenters. The summed E-state index contributed by atoms with van der Waals surface area (Å²) in [5.74, 6) is 1.61. The number of aryl methyl sites for hydroxylation is 1. The highest BCUT2D eigenvalue weighted by Crippen LogP contribution is 2.34. The van der Waals surface area contributed by atoms with Crippen LogP contribution >= 0.6 is 0 Å². The van der Waals surface area contributed by atoms with Crippen molar-refractivity contribution in [3.63, 3.8) is 0 Å². The zero-order valence-electron chi connectivity index (χ0n) is 18.5. The van der Waals surface area contributed by atoms with Crippen molar-refractivity contribution < 1.29 is 14.3 Å². The van der Waals surface area contributed by atoms with Crippen LogP contribution in [0.5, 0.6) is 5.75 Å². The van der Waals surface area contributed by atoms with Crippen LogP contribution in [0.15, 0.2) is 24.3 Å². The minimum atomic E-state index is -0.120. The minimum Gasteiger partial charge on any atom is -0.491 e. The monoisotopic (exact) mass is 424 g/mol. The van der Waals surface area contributed by atoms with Crippen molar-refractivity contribution in [2.75, 3.05) is 32.9 Å². The van der Waals surface area contributed by atoms with E-state index in [0.29, 0.717) is 18.2 Å². The summed E-state index contributed by atoms with van der Waals surface area (Å²) in [5.41, 5.74) is 3.97. The molecule has 5 rings (SSSR count). The molecule has 1 aromatic carbocycles. The van der Waals surface area contributed by atoms with Gasteiger partial charge in [-0.1, -0.05) is 24.6 Å². The second-order valence-corrected chi connectivity index (χ2v) is 9.28. The molecule has 166 valence electrons. The van der Waals surface area contributed by atoms with Crippen molar-refractivity contribution in [2.45, 2.75) is 51.7 Å². The van der Waals surface area contributed by atoms with Crippen LogP contribution < -0.4 is 10.1 Å². The number of carbonyl (C=O) groups is 1. The Balaban J connectivity index is 1.22. The van der Waals surface area contributed by atoms with E-state index in [9.17, 15) is 4.79 Å². The number of nitrogens with one attached hydrogen (secondary N) is 1. The van der Waals surface area contributed by atoms with Crippen molar-refractivity contribution in [3.05, 3.63) is 46.8 Å². The topological polar surface area (TPSA) is 68.6 Å². The molecule has 7 nitrogen and oxygen atoms in total. The van der Waals surface area contributed by atoms with Gasteiger partial charge in [0, 0.05) is 32.2 Å². The van der Waals surface area contributed by atoms with Gasteiger partial charge in [-0.05, 0) is 43.4 Å². The summed E-state index contributed by atoms with van der Waals surface area (Å²) >= 11 is 0. The van der Waals surface area contributed by atoms with Crippen LogP contribution in [0.3, 0.4) is 0 Å². The van der Waals surface area contributed by atoms with Gasteiger partial charge < -0.3 is 14.8 Å². The van der Waals surface area contributed by atoms with E-state index in [2.05, 4.69) is 41.3 Å². The number of amides is 1. The lowest BCUT2D eigenvalue weighted by Crippen LogP contribution is -2.45. The Morgan fingerprint density at radius 3 is 3.00 bits per heavy atom. The Labute approximate surface area is 183 Å². The molecule has 0 radical (unpaired) electrons. The van der Waals surface area contributed by atoms with E-state index in [1.165, 1.54) is 12.0 Å². The van der Waals surface area contributed by atoms with Crippen LogP contribution in [-0.2, 0) is 17.8 Å². The fourth-order valence-corrected chi connectivity index (χ4v) is 5.01. The van der Waals surface area contributed by atoms with Gasteiger partial charge in [-0.15, -0.1) is 0 Å². The maximum atomic E-state index is 13.0.